The normalized spacial score (nSPS) is 15.1. The van der Waals surface area contributed by atoms with E-state index < -0.39 is 0 Å². The maximum atomic E-state index is 11.9. The molecule has 2 N–H and O–H groups in total. The Labute approximate surface area is 137 Å². The lowest BCUT2D eigenvalue weighted by molar-refractivity contribution is -0.125. The Kier molecular flexibility index (Phi) is 5.93. The summed E-state index contributed by atoms with van der Waals surface area (Å²) in [5.74, 6) is -0.0302. The first-order valence-electron chi connectivity index (χ1n) is 8.00. The van der Waals surface area contributed by atoms with Crippen molar-refractivity contribution < 1.29 is 9.59 Å². The zero-order chi connectivity index (χ0) is 16.8. The van der Waals surface area contributed by atoms with E-state index in [1.165, 1.54) is 0 Å². The minimum absolute atomic E-state index is 0.00965. The first kappa shape index (κ1) is 17.2. The number of benzene rings is 1. The van der Waals surface area contributed by atoms with Crippen molar-refractivity contribution in [3.63, 3.8) is 0 Å². The second kappa shape index (κ2) is 7.92. The summed E-state index contributed by atoms with van der Waals surface area (Å²) < 4.78 is 0. The van der Waals surface area contributed by atoms with Gasteiger partial charge in [0, 0.05) is 24.7 Å². The van der Waals surface area contributed by atoms with E-state index in [9.17, 15) is 9.59 Å². The number of hydrogen-bond donors (Lipinski definition) is 2. The van der Waals surface area contributed by atoms with Crippen molar-refractivity contribution in [3.05, 3.63) is 48.0 Å². The number of hydrogen-bond acceptors (Lipinski definition) is 3. The quantitative estimate of drug-likeness (QED) is 0.718. The number of nitrogens with one attached hydrogen (secondary N) is 2. The predicted octanol–water partition coefficient (Wildman–Crippen LogP) is 1.70. The molecule has 23 heavy (non-hydrogen) atoms. The minimum atomic E-state index is -0.229. The van der Waals surface area contributed by atoms with Gasteiger partial charge in [-0.1, -0.05) is 18.2 Å². The van der Waals surface area contributed by atoms with Gasteiger partial charge in [0.2, 0.25) is 5.91 Å². The van der Waals surface area contributed by atoms with Gasteiger partial charge >= 0.3 is 0 Å². The fourth-order valence-electron chi connectivity index (χ4n) is 2.20. The van der Waals surface area contributed by atoms with E-state index in [0.717, 1.165) is 18.4 Å². The summed E-state index contributed by atoms with van der Waals surface area (Å²) in [5.41, 5.74) is 1.75. The van der Waals surface area contributed by atoms with E-state index in [-0.39, 0.29) is 17.9 Å². The van der Waals surface area contributed by atoms with Crippen LogP contribution in [0.3, 0.4) is 0 Å². The van der Waals surface area contributed by atoms with Gasteiger partial charge in [-0.3, -0.25) is 14.5 Å². The number of likely N-dealkylation sites (N-methyl/N-ethyl adjacent to an activating group) is 1. The van der Waals surface area contributed by atoms with Crippen LogP contribution in [-0.4, -0.2) is 42.4 Å². The molecule has 1 aliphatic carbocycles. The third-order valence-corrected chi connectivity index (χ3v) is 4.02. The molecule has 1 saturated carbocycles. The molecule has 0 radical (unpaired) electrons. The molecule has 1 unspecified atom stereocenters. The molecule has 0 heterocycles. The van der Waals surface area contributed by atoms with E-state index in [1.54, 1.807) is 6.08 Å². The highest BCUT2D eigenvalue weighted by atomic mass is 16.2. The SMILES string of the molecule is C=CCNC(=O)C(C)N(C)Cc1ccc(C(=O)NC2CC2)cc1. The van der Waals surface area contributed by atoms with Crippen LogP contribution in [-0.2, 0) is 11.3 Å². The second-order valence-corrected chi connectivity index (χ2v) is 6.07. The summed E-state index contributed by atoms with van der Waals surface area (Å²) in [6, 6.07) is 7.68. The number of carbonyl (C=O) groups excluding carboxylic acids is 2. The van der Waals surface area contributed by atoms with E-state index >= 15 is 0 Å². The van der Waals surface area contributed by atoms with Gasteiger partial charge in [-0.2, -0.15) is 0 Å². The van der Waals surface area contributed by atoms with Crippen molar-refractivity contribution in [1.29, 1.82) is 0 Å². The molecule has 0 spiro atoms. The molecule has 0 aliphatic heterocycles. The molecule has 0 aromatic heterocycles. The van der Waals surface area contributed by atoms with Crippen LogP contribution in [0.2, 0.25) is 0 Å². The number of nitrogens with zero attached hydrogens (tertiary/aromatic N) is 1. The minimum Gasteiger partial charge on any atom is -0.351 e. The average Bonchev–Trinajstić information content (AvgIpc) is 3.36. The van der Waals surface area contributed by atoms with Crippen LogP contribution in [0, 0.1) is 0 Å². The number of rotatable bonds is 8. The van der Waals surface area contributed by atoms with Gasteiger partial charge in [0.15, 0.2) is 0 Å². The Morgan fingerprint density at radius 2 is 2.00 bits per heavy atom. The molecule has 1 aromatic carbocycles. The molecule has 2 amide bonds. The lowest BCUT2D eigenvalue weighted by Gasteiger charge is -2.23. The molecule has 124 valence electrons. The summed E-state index contributed by atoms with van der Waals surface area (Å²) in [6.07, 6.45) is 3.83. The van der Waals surface area contributed by atoms with Crippen molar-refractivity contribution >= 4 is 11.8 Å². The lowest BCUT2D eigenvalue weighted by Crippen LogP contribution is -2.42. The molecule has 1 fully saturated rings. The Balaban J connectivity index is 1.87. The summed E-state index contributed by atoms with van der Waals surface area (Å²) in [4.78, 5) is 25.8. The van der Waals surface area contributed by atoms with Crippen molar-refractivity contribution in [1.82, 2.24) is 15.5 Å². The first-order chi connectivity index (χ1) is 11.0. The number of amides is 2. The molecule has 0 bridgehead atoms. The van der Waals surface area contributed by atoms with Crippen LogP contribution in [0.25, 0.3) is 0 Å². The van der Waals surface area contributed by atoms with E-state index in [2.05, 4.69) is 17.2 Å². The van der Waals surface area contributed by atoms with Gasteiger partial charge in [-0.25, -0.2) is 0 Å². The summed E-state index contributed by atoms with van der Waals surface area (Å²) in [6.45, 7) is 6.58. The second-order valence-electron chi connectivity index (χ2n) is 6.07. The zero-order valence-electron chi connectivity index (χ0n) is 13.8. The number of carbonyl (C=O) groups is 2. The maximum absolute atomic E-state index is 11.9. The average molecular weight is 315 g/mol. The Bertz CT molecular complexity index is 564. The van der Waals surface area contributed by atoms with Crippen molar-refractivity contribution in [3.8, 4) is 0 Å². The van der Waals surface area contributed by atoms with Crippen molar-refractivity contribution in [2.45, 2.75) is 38.4 Å². The first-order valence-corrected chi connectivity index (χ1v) is 8.00. The van der Waals surface area contributed by atoms with Crippen LogP contribution < -0.4 is 10.6 Å². The van der Waals surface area contributed by atoms with Crippen LogP contribution in [0.5, 0.6) is 0 Å². The molecular formula is C18H25N3O2. The standard InChI is InChI=1S/C18H25N3O2/c1-4-11-19-17(22)13(2)21(3)12-14-5-7-15(8-6-14)18(23)20-16-9-10-16/h4-8,13,16H,1,9-12H2,2-3H3,(H,19,22)(H,20,23). The summed E-state index contributed by atoms with van der Waals surface area (Å²) in [7, 11) is 1.91. The largest absolute Gasteiger partial charge is 0.351 e. The highest BCUT2D eigenvalue weighted by Gasteiger charge is 2.23. The van der Waals surface area contributed by atoms with E-state index in [0.29, 0.717) is 24.7 Å². The topological polar surface area (TPSA) is 61.4 Å². The van der Waals surface area contributed by atoms with Gasteiger partial charge in [-0.15, -0.1) is 6.58 Å². The van der Waals surface area contributed by atoms with Crippen molar-refractivity contribution in [2.75, 3.05) is 13.6 Å². The van der Waals surface area contributed by atoms with Gasteiger partial charge in [0.1, 0.15) is 0 Å². The lowest BCUT2D eigenvalue weighted by atomic mass is 10.1. The smallest absolute Gasteiger partial charge is 0.251 e. The van der Waals surface area contributed by atoms with Crippen LogP contribution in [0.1, 0.15) is 35.7 Å². The zero-order valence-corrected chi connectivity index (χ0v) is 13.8. The molecule has 1 aromatic rings. The maximum Gasteiger partial charge on any atom is 0.251 e. The Hall–Kier alpha value is -2.14. The third-order valence-electron chi connectivity index (χ3n) is 4.02. The van der Waals surface area contributed by atoms with Gasteiger partial charge in [0.25, 0.3) is 5.91 Å². The highest BCUT2D eigenvalue weighted by Crippen LogP contribution is 2.19. The van der Waals surface area contributed by atoms with E-state index in [1.807, 2.05) is 43.1 Å². The Morgan fingerprint density at radius 3 is 2.57 bits per heavy atom. The van der Waals surface area contributed by atoms with Crippen LogP contribution in [0.4, 0.5) is 0 Å². The van der Waals surface area contributed by atoms with Gasteiger partial charge < -0.3 is 10.6 Å². The van der Waals surface area contributed by atoms with Gasteiger partial charge in [0.05, 0.1) is 6.04 Å². The fraction of sp³-hybridized carbons (Fsp3) is 0.444. The Morgan fingerprint density at radius 1 is 1.35 bits per heavy atom. The fourth-order valence-corrected chi connectivity index (χ4v) is 2.20. The van der Waals surface area contributed by atoms with Gasteiger partial charge in [-0.05, 0) is 44.5 Å². The highest BCUT2D eigenvalue weighted by molar-refractivity contribution is 5.94. The van der Waals surface area contributed by atoms with Crippen molar-refractivity contribution in [2.24, 2.45) is 0 Å². The molecule has 2 rings (SSSR count). The molecular weight excluding hydrogens is 290 g/mol. The molecule has 5 nitrogen and oxygen atoms in total. The summed E-state index contributed by atoms with van der Waals surface area (Å²) >= 11 is 0. The molecule has 0 saturated heterocycles. The molecule has 1 atom stereocenters. The summed E-state index contributed by atoms with van der Waals surface area (Å²) in [5, 5.41) is 5.77. The van der Waals surface area contributed by atoms with Crippen LogP contribution in [0.15, 0.2) is 36.9 Å². The molecule has 1 aliphatic rings. The monoisotopic (exact) mass is 315 g/mol. The van der Waals surface area contributed by atoms with Crippen LogP contribution >= 0.6 is 0 Å². The predicted molar refractivity (Wildman–Crippen MR) is 91.1 cm³/mol. The van der Waals surface area contributed by atoms with E-state index in [4.69, 9.17) is 0 Å². The third kappa shape index (κ3) is 5.21. The molecule has 5 heteroatoms.